The van der Waals surface area contributed by atoms with E-state index in [1.807, 2.05) is 45.0 Å². The van der Waals surface area contributed by atoms with Gasteiger partial charge in [0.05, 0.1) is 30.7 Å². The van der Waals surface area contributed by atoms with Crippen LogP contribution in [0.3, 0.4) is 0 Å². The maximum Gasteiger partial charge on any atom is 0.327 e. The predicted molar refractivity (Wildman–Crippen MR) is 128 cm³/mol. The van der Waals surface area contributed by atoms with Crippen LogP contribution in [0.15, 0.2) is 48.5 Å². The van der Waals surface area contributed by atoms with Gasteiger partial charge in [-0.25, -0.2) is 4.90 Å². The Morgan fingerprint density at radius 2 is 1.71 bits per heavy atom. The van der Waals surface area contributed by atoms with Crippen molar-refractivity contribution in [1.82, 2.24) is 5.32 Å². The second-order valence-corrected chi connectivity index (χ2v) is 8.86. The van der Waals surface area contributed by atoms with E-state index in [0.717, 1.165) is 11.1 Å². The Hall–Kier alpha value is -3.19. The summed E-state index contributed by atoms with van der Waals surface area (Å²) < 4.78 is 11.0. The van der Waals surface area contributed by atoms with Crippen molar-refractivity contribution in [3.8, 4) is 5.75 Å². The van der Waals surface area contributed by atoms with Crippen LogP contribution in [0.1, 0.15) is 50.8 Å². The van der Waals surface area contributed by atoms with Gasteiger partial charge >= 0.3 is 5.97 Å². The number of imide groups is 1. The number of carbonyl (C=O) groups excluding carboxylic acids is 3. The minimum Gasteiger partial charge on any atom is -0.494 e. The lowest BCUT2D eigenvalue weighted by Gasteiger charge is -2.32. The van der Waals surface area contributed by atoms with Crippen LogP contribution < -0.4 is 15.0 Å². The molecule has 4 atom stereocenters. The zero-order valence-corrected chi connectivity index (χ0v) is 20.2. The molecule has 0 spiro atoms. The van der Waals surface area contributed by atoms with Crippen molar-refractivity contribution in [3.05, 3.63) is 59.7 Å². The quantitative estimate of drug-likeness (QED) is 0.470. The average molecular weight is 465 g/mol. The first kappa shape index (κ1) is 24.0. The van der Waals surface area contributed by atoms with Crippen LogP contribution in [0.25, 0.3) is 0 Å². The molecular formula is C27H32N2O5. The van der Waals surface area contributed by atoms with Gasteiger partial charge in [-0.3, -0.25) is 19.7 Å². The van der Waals surface area contributed by atoms with E-state index in [1.165, 1.54) is 4.90 Å². The number of esters is 1. The molecule has 1 N–H and O–H groups in total. The molecule has 4 rings (SSSR count). The highest BCUT2D eigenvalue weighted by Gasteiger charge is 2.68. The number of aryl methyl sites for hydroxylation is 1. The topological polar surface area (TPSA) is 84.9 Å². The highest BCUT2D eigenvalue weighted by atomic mass is 16.5. The summed E-state index contributed by atoms with van der Waals surface area (Å²) >= 11 is 0. The second kappa shape index (κ2) is 9.58. The summed E-state index contributed by atoms with van der Waals surface area (Å²) in [5.74, 6) is -2.05. The first-order valence-corrected chi connectivity index (χ1v) is 12.0. The van der Waals surface area contributed by atoms with Gasteiger partial charge in [-0.05, 0) is 62.6 Å². The van der Waals surface area contributed by atoms with E-state index in [2.05, 4.69) is 5.32 Å². The molecule has 2 aromatic carbocycles. The van der Waals surface area contributed by atoms with Gasteiger partial charge in [-0.2, -0.15) is 0 Å². The summed E-state index contributed by atoms with van der Waals surface area (Å²) in [4.78, 5) is 42.4. The Morgan fingerprint density at radius 3 is 2.32 bits per heavy atom. The van der Waals surface area contributed by atoms with E-state index in [0.29, 0.717) is 30.9 Å². The van der Waals surface area contributed by atoms with E-state index in [1.54, 1.807) is 31.2 Å². The molecule has 2 aliphatic rings. The molecule has 0 bridgehead atoms. The third kappa shape index (κ3) is 3.78. The molecule has 0 aliphatic carbocycles. The zero-order chi connectivity index (χ0) is 24.5. The largest absolute Gasteiger partial charge is 0.494 e. The fraction of sp³-hybridized carbons (Fsp3) is 0.444. The molecular weight excluding hydrogens is 432 g/mol. The average Bonchev–Trinajstić information content (AvgIpc) is 3.30. The van der Waals surface area contributed by atoms with Gasteiger partial charge in [0.2, 0.25) is 11.8 Å². The van der Waals surface area contributed by atoms with Crippen LogP contribution in [0.4, 0.5) is 5.69 Å². The van der Waals surface area contributed by atoms with Crippen molar-refractivity contribution < 1.29 is 23.9 Å². The SMILES string of the molecule is CCC[C@]1(C(=O)OCC)N[C@H](c2ccccc2C)[C@@H]2C(=O)N(c3ccc(OCC)cc3)C(=O)[C@H]21. The second-order valence-electron chi connectivity index (χ2n) is 8.86. The Kier molecular flexibility index (Phi) is 6.75. The number of benzene rings is 2. The Labute approximate surface area is 200 Å². The van der Waals surface area contributed by atoms with E-state index in [4.69, 9.17) is 9.47 Å². The fourth-order valence-electron chi connectivity index (χ4n) is 5.49. The summed E-state index contributed by atoms with van der Waals surface area (Å²) in [5, 5.41) is 3.44. The number of carbonyl (C=O) groups is 3. The summed E-state index contributed by atoms with van der Waals surface area (Å²) in [6, 6.07) is 14.2. The maximum atomic E-state index is 13.9. The molecule has 0 saturated carbocycles. The van der Waals surface area contributed by atoms with E-state index in [9.17, 15) is 14.4 Å². The van der Waals surface area contributed by atoms with E-state index >= 15 is 0 Å². The van der Waals surface area contributed by atoms with Gasteiger partial charge in [-0.1, -0.05) is 37.6 Å². The van der Waals surface area contributed by atoms with Crippen LogP contribution in [-0.4, -0.2) is 36.5 Å². The third-order valence-corrected chi connectivity index (χ3v) is 6.87. The number of hydrogen-bond donors (Lipinski definition) is 1. The lowest BCUT2D eigenvalue weighted by Crippen LogP contribution is -2.56. The summed E-state index contributed by atoms with van der Waals surface area (Å²) in [5.41, 5.74) is 1.12. The third-order valence-electron chi connectivity index (χ3n) is 6.87. The lowest BCUT2D eigenvalue weighted by molar-refractivity contribution is -0.155. The van der Waals surface area contributed by atoms with Crippen LogP contribution in [-0.2, 0) is 19.1 Å². The van der Waals surface area contributed by atoms with Gasteiger partial charge in [0.25, 0.3) is 0 Å². The Balaban J connectivity index is 1.83. The first-order valence-electron chi connectivity index (χ1n) is 12.0. The number of nitrogens with one attached hydrogen (secondary N) is 1. The molecule has 2 amide bonds. The van der Waals surface area contributed by atoms with E-state index in [-0.39, 0.29) is 18.4 Å². The first-order chi connectivity index (χ1) is 16.4. The van der Waals surface area contributed by atoms with Crippen LogP contribution in [0.5, 0.6) is 5.75 Å². The normalized spacial score (nSPS) is 26.0. The Morgan fingerprint density at radius 1 is 1.00 bits per heavy atom. The van der Waals surface area contributed by atoms with Crippen molar-refractivity contribution >= 4 is 23.5 Å². The fourth-order valence-corrected chi connectivity index (χ4v) is 5.49. The number of hydrogen-bond acceptors (Lipinski definition) is 6. The number of amides is 2. The van der Waals surface area contributed by atoms with Crippen molar-refractivity contribution in [2.75, 3.05) is 18.1 Å². The Bertz CT molecular complexity index is 1080. The zero-order valence-electron chi connectivity index (χ0n) is 20.2. The highest BCUT2D eigenvalue weighted by Crippen LogP contribution is 2.52. The molecule has 0 unspecified atom stereocenters. The monoisotopic (exact) mass is 464 g/mol. The molecule has 2 fully saturated rings. The number of ether oxygens (including phenoxy) is 2. The van der Waals surface area contributed by atoms with Gasteiger partial charge < -0.3 is 9.47 Å². The molecule has 0 aromatic heterocycles. The van der Waals surface area contributed by atoms with Crippen molar-refractivity contribution in [2.45, 2.75) is 52.1 Å². The molecule has 2 aromatic rings. The molecule has 2 saturated heterocycles. The standard InChI is InChI=1S/C27H32N2O5/c1-5-16-27(26(32)34-7-3)22-21(23(28-27)20-11-9-8-10-17(20)4)24(30)29(25(22)31)18-12-14-19(15-13-18)33-6-2/h8-15,21-23,28H,5-7,16H2,1-4H3/t21-,22+,23-,27+/m1/s1. The number of fused-ring (bicyclic) bond motifs is 1. The summed E-state index contributed by atoms with van der Waals surface area (Å²) in [7, 11) is 0. The van der Waals surface area contributed by atoms with Crippen LogP contribution in [0, 0.1) is 18.8 Å². The van der Waals surface area contributed by atoms with Crippen LogP contribution >= 0.6 is 0 Å². The number of anilines is 1. The molecule has 7 nitrogen and oxygen atoms in total. The highest BCUT2D eigenvalue weighted by molar-refractivity contribution is 6.24. The van der Waals surface area contributed by atoms with Crippen molar-refractivity contribution in [3.63, 3.8) is 0 Å². The van der Waals surface area contributed by atoms with E-state index < -0.39 is 29.4 Å². The predicted octanol–water partition coefficient (Wildman–Crippen LogP) is 3.95. The van der Waals surface area contributed by atoms with Crippen LogP contribution in [0.2, 0.25) is 0 Å². The van der Waals surface area contributed by atoms with Gasteiger partial charge in [0, 0.05) is 6.04 Å². The smallest absolute Gasteiger partial charge is 0.327 e. The van der Waals surface area contributed by atoms with Gasteiger partial charge in [0.15, 0.2) is 0 Å². The number of nitrogens with zero attached hydrogens (tertiary/aromatic N) is 1. The summed E-state index contributed by atoms with van der Waals surface area (Å²) in [6.07, 6.45) is 1.05. The lowest BCUT2D eigenvalue weighted by atomic mass is 9.76. The molecule has 180 valence electrons. The minimum atomic E-state index is -1.27. The molecule has 7 heteroatoms. The summed E-state index contributed by atoms with van der Waals surface area (Å²) in [6.45, 7) is 8.30. The number of rotatable bonds is 8. The van der Waals surface area contributed by atoms with Crippen molar-refractivity contribution in [2.24, 2.45) is 11.8 Å². The molecule has 2 aliphatic heterocycles. The van der Waals surface area contributed by atoms with Gasteiger partial charge in [-0.15, -0.1) is 0 Å². The van der Waals surface area contributed by atoms with Gasteiger partial charge in [0.1, 0.15) is 11.3 Å². The minimum absolute atomic E-state index is 0.198. The molecule has 34 heavy (non-hydrogen) atoms. The van der Waals surface area contributed by atoms with Crippen molar-refractivity contribution in [1.29, 1.82) is 0 Å². The molecule has 0 radical (unpaired) electrons. The molecule has 2 heterocycles. The maximum absolute atomic E-state index is 13.9.